The molecule has 0 saturated heterocycles. The van der Waals surface area contributed by atoms with Gasteiger partial charge < -0.3 is 14.8 Å². The van der Waals surface area contributed by atoms with Crippen molar-refractivity contribution in [3.63, 3.8) is 0 Å². The van der Waals surface area contributed by atoms with Crippen LogP contribution in [-0.4, -0.2) is 42.3 Å². The Morgan fingerprint density at radius 2 is 2.17 bits per heavy atom. The van der Waals surface area contributed by atoms with Crippen molar-refractivity contribution in [3.05, 3.63) is 18.1 Å². The van der Waals surface area contributed by atoms with Crippen LogP contribution < -0.4 is 5.32 Å². The van der Waals surface area contributed by atoms with E-state index in [0.29, 0.717) is 12.4 Å². The van der Waals surface area contributed by atoms with E-state index < -0.39 is 5.97 Å². The molecule has 0 bridgehead atoms. The molecule has 0 radical (unpaired) electrons. The van der Waals surface area contributed by atoms with Gasteiger partial charge in [-0.3, -0.25) is 0 Å². The number of aromatic nitrogens is 2. The molecule has 0 fully saturated rings. The second-order valence-electron chi connectivity index (χ2n) is 3.98. The number of anilines is 1. The van der Waals surface area contributed by atoms with E-state index in [1.807, 2.05) is 13.8 Å². The van der Waals surface area contributed by atoms with Gasteiger partial charge in [0.25, 0.3) is 0 Å². The first-order valence-electron chi connectivity index (χ1n) is 5.89. The van der Waals surface area contributed by atoms with Crippen molar-refractivity contribution < 1.29 is 14.3 Å². The molecular formula is C12H19N3O3. The van der Waals surface area contributed by atoms with Crippen molar-refractivity contribution in [3.8, 4) is 0 Å². The summed E-state index contributed by atoms with van der Waals surface area (Å²) in [4.78, 5) is 19.1. The molecule has 0 aromatic carbocycles. The zero-order valence-electron chi connectivity index (χ0n) is 11.0. The average molecular weight is 253 g/mol. The van der Waals surface area contributed by atoms with Crippen molar-refractivity contribution in [2.45, 2.75) is 26.4 Å². The second-order valence-corrected chi connectivity index (χ2v) is 3.98. The lowest BCUT2D eigenvalue weighted by Gasteiger charge is -2.08. The summed E-state index contributed by atoms with van der Waals surface area (Å²) >= 11 is 0. The van der Waals surface area contributed by atoms with E-state index in [0.717, 1.165) is 13.0 Å². The van der Waals surface area contributed by atoms with Crippen molar-refractivity contribution in [1.29, 1.82) is 0 Å². The number of carbonyl (C=O) groups is 1. The van der Waals surface area contributed by atoms with Crippen LogP contribution in [0.25, 0.3) is 0 Å². The average Bonchev–Trinajstić information content (AvgIpc) is 2.38. The van der Waals surface area contributed by atoms with Gasteiger partial charge in [0.1, 0.15) is 5.82 Å². The van der Waals surface area contributed by atoms with Crippen molar-refractivity contribution in [1.82, 2.24) is 9.97 Å². The molecule has 0 spiro atoms. The monoisotopic (exact) mass is 253 g/mol. The Morgan fingerprint density at radius 1 is 1.39 bits per heavy atom. The van der Waals surface area contributed by atoms with Crippen LogP contribution in [0.2, 0.25) is 0 Å². The van der Waals surface area contributed by atoms with E-state index >= 15 is 0 Å². The van der Waals surface area contributed by atoms with E-state index in [1.165, 1.54) is 19.5 Å². The number of ether oxygens (including phenoxy) is 2. The summed E-state index contributed by atoms with van der Waals surface area (Å²) in [6.45, 7) is 5.46. The van der Waals surface area contributed by atoms with E-state index in [-0.39, 0.29) is 11.8 Å². The molecule has 1 aromatic rings. The fourth-order valence-corrected chi connectivity index (χ4v) is 1.24. The third-order valence-corrected chi connectivity index (χ3v) is 2.12. The Bertz CT molecular complexity index is 365. The Balaban J connectivity index is 2.29. The van der Waals surface area contributed by atoms with Gasteiger partial charge in [-0.25, -0.2) is 14.8 Å². The van der Waals surface area contributed by atoms with Crippen LogP contribution in [0.3, 0.4) is 0 Å². The van der Waals surface area contributed by atoms with Crippen molar-refractivity contribution >= 4 is 11.8 Å². The van der Waals surface area contributed by atoms with Gasteiger partial charge in [0.15, 0.2) is 5.69 Å². The van der Waals surface area contributed by atoms with Crippen LogP contribution in [0, 0.1) is 0 Å². The molecule has 1 heterocycles. The predicted octanol–water partition coefficient (Wildman–Crippen LogP) is 1.49. The Hall–Kier alpha value is -1.69. The lowest BCUT2D eigenvalue weighted by molar-refractivity contribution is 0.0593. The van der Waals surface area contributed by atoms with Crippen LogP contribution in [0.15, 0.2) is 12.4 Å². The van der Waals surface area contributed by atoms with E-state index in [2.05, 4.69) is 20.0 Å². The minimum Gasteiger partial charge on any atom is -0.464 e. The third kappa shape index (κ3) is 5.09. The largest absolute Gasteiger partial charge is 0.464 e. The van der Waals surface area contributed by atoms with Gasteiger partial charge in [0, 0.05) is 13.2 Å². The lowest BCUT2D eigenvalue weighted by atomic mass is 10.4. The normalized spacial score (nSPS) is 10.4. The van der Waals surface area contributed by atoms with Gasteiger partial charge in [0.2, 0.25) is 0 Å². The molecule has 18 heavy (non-hydrogen) atoms. The van der Waals surface area contributed by atoms with E-state index in [9.17, 15) is 4.79 Å². The molecule has 0 saturated carbocycles. The molecule has 0 aliphatic carbocycles. The van der Waals surface area contributed by atoms with Crippen molar-refractivity contribution in [2.24, 2.45) is 0 Å². The predicted molar refractivity (Wildman–Crippen MR) is 67.6 cm³/mol. The highest BCUT2D eigenvalue weighted by atomic mass is 16.5. The molecule has 1 N–H and O–H groups in total. The molecule has 1 aromatic heterocycles. The number of carbonyl (C=O) groups excluding carboxylic acids is 1. The van der Waals surface area contributed by atoms with Gasteiger partial charge in [-0.1, -0.05) is 0 Å². The maximum absolute atomic E-state index is 11.1. The quantitative estimate of drug-likeness (QED) is 0.586. The SMILES string of the molecule is COC(=O)c1cnc(NCCCOC(C)C)cn1. The van der Waals surface area contributed by atoms with Crippen LogP contribution in [-0.2, 0) is 9.47 Å². The maximum atomic E-state index is 11.1. The Morgan fingerprint density at radius 3 is 2.72 bits per heavy atom. The first kappa shape index (κ1) is 14.4. The molecule has 0 aliphatic rings. The van der Waals surface area contributed by atoms with E-state index in [4.69, 9.17) is 4.74 Å². The fraction of sp³-hybridized carbons (Fsp3) is 0.583. The molecule has 0 atom stereocenters. The molecule has 0 amide bonds. The van der Waals surface area contributed by atoms with Gasteiger partial charge in [-0.2, -0.15) is 0 Å². The van der Waals surface area contributed by atoms with Crippen LogP contribution >= 0.6 is 0 Å². The topological polar surface area (TPSA) is 73.3 Å². The van der Waals surface area contributed by atoms with Crippen LogP contribution in [0.4, 0.5) is 5.82 Å². The summed E-state index contributed by atoms with van der Waals surface area (Å²) < 4.78 is 9.94. The molecule has 6 nitrogen and oxygen atoms in total. The highest BCUT2D eigenvalue weighted by Crippen LogP contribution is 2.02. The van der Waals surface area contributed by atoms with Gasteiger partial charge >= 0.3 is 5.97 Å². The Kier molecular flexibility index (Phi) is 6.07. The summed E-state index contributed by atoms with van der Waals surface area (Å²) in [5.74, 6) is 0.145. The number of rotatable bonds is 7. The molecule has 100 valence electrons. The molecule has 6 heteroatoms. The number of esters is 1. The third-order valence-electron chi connectivity index (χ3n) is 2.12. The minimum absolute atomic E-state index is 0.200. The zero-order valence-corrected chi connectivity index (χ0v) is 11.0. The number of methoxy groups -OCH3 is 1. The lowest BCUT2D eigenvalue weighted by Crippen LogP contribution is -2.11. The zero-order chi connectivity index (χ0) is 13.4. The second kappa shape index (κ2) is 7.60. The fourth-order valence-electron chi connectivity index (χ4n) is 1.24. The number of nitrogens with one attached hydrogen (secondary N) is 1. The highest BCUT2D eigenvalue weighted by Gasteiger charge is 2.06. The van der Waals surface area contributed by atoms with Gasteiger partial charge in [0.05, 0.1) is 25.6 Å². The summed E-state index contributed by atoms with van der Waals surface area (Å²) in [6, 6.07) is 0. The van der Waals surface area contributed by atoms with Crippen LogP contribution in [0.5, 0.6) is 0 Å². The molecular weight excluding hydrogens is 234 g/mol. The first-order valence-corrected chi connectivity index (χ1v) is 5.89. The van der Waals surface area contributed by atoms with Gasteiger partial charge in [-0.05, 0) is 20.3 Å². The first-order chi connectivity index (χ1) is 8.63. The standard InChI is InChI=1S/C12H19N3O3/c1-9(2)18-6-4-5-13-11-8-14-10(7-15-11)12(16)17-3/h7-9H,4-6H2,1-3H3,(H,13,15). The summed E-state index contributed by atoms with van der Waals surface area (Å²) in [5, 5.41) is 3.10. The molecule has 0 aliphatic heterocycles. The maximum Gasteiger partial charge on any atom is 0.358 e. The number of hydrogen-bond donors (Lipinski definition) is 1. The summed E-state index contributed by atoms with van der Waals surface area (Å²) in [7, 11) is 1.31. The number of nitrogens with zero attached hydrogens (tertiary/aromatic N) is 2. The van der Waals surface area contributed by atoms with Crippen LogP contribution in [0.1, 0.15) is 30.8 Å². The smallest absolute Gasteiger partial charge is 0.358 e. The minimum atomic E-state index is -0.487. The molecule has 1 rings (SSSR count). The van der Waals surface area contributed by atoms with Gasteiger partial charge in [-0.15, -0.1) is 0 Å². The highest BCUT2D eigenvalue weighted by molar-refractivity contribution is 5.86. The Labute approximate surface area is 107 Å². The molecule has 0 unspecified atom stereocenters. The van der Waals surface area contributed by atoms with E-state index in [1.54, 1.807) is 0 Å². The van der Waals surface area contributed by atoms with Crippen molar-refractivity contribution in [2.75, 3.05) is 25.6 Å². The number of hydrogen-bond acceptors (Lipinski definition) is 6. The summed E-state index contributed by atoms with van der Waals surface area (Å²) in [6.07, 6.45) is 4.04. The summed E-state index contributed by atoms with van der Waals surface area (Å²) in [5.41, 5.74) is 0.200.